The first-order valence-electron chi connectivity index (χ1n) is 14.4. The third kappa shape index (κ3) is 9.72. The summed E-state index contributed by atoms with van der Waals surface area (Å²) in [5.41, 5.74) is 2.76. The number of thiophene rings is 1. The molecule has 3 N–H and O–H groups in total. The summed E-state index contributed by atoms with van der Waals surface area (Å²) in [6.45, 7) is 6.34. The van der Waals surface area contributed by atoms with Crippen molar-refractivity contribution >= 4 is 46.4 Å². The van der Waals surface area contributed by atoms with Crippen molar-refractivity contribution in [3.63, 3.8) is 0 Å². The lowest BCUT2D eigenvalue weighted by atomic mass is 10.0. The number of nitrogens with one attached hydrogen (secondary N) is 2. The molecular formula is C32H34F4N6O3S. The molecule has 0 aliphatic carbocycles. The maximum absolute atomic E-state index is 13.6. The number of anilines is 4. The van der Waals surface area contributed by atoms with Gasteiger partial charge in [0, 0.05) is 58.6 Å². The van der Waals surface area contributed by atoms with Gasteiger partial charge in [-0.25, -0.2) is 14.2 Å². The number of hydrogen-bond acceptors (Lipinski definition) is 8. The predicted molar refractivity (Wildman–Crippen MR) is 169 cm³/mol. The summed E-state index contributed by atoms with van der Waals surface area (Å²) in [5, 5.41) is 13.5. The van der Waals surface area contributed by atoms with Gasteiger partial charge in [0.05, 0.1) is 0 Å². The second-order valence-electron chi connectivity index (χ2n) is 10.8. The summed E-state index contributed by atoms with van der Waals surface area (Å²) in [7, 11) is 2.18. The minimum Gasteiger partial charge on any atom is -0.475 e. The van der Waals surface area contributed by atoms with Crippen LogP contribution in [0.25, 0.3) is 0 Å². The molecule has 0 radical (unpaired) electrons. The van der Waals surface area contributed by atoms with Gasteiger partial charge in [0.25, 0.3) is 5.91 Å². The number of benzene rings is 2. The number of aromatic nitrogens is 2. The van der Waals surface area contributed by atoms with E-state index in [2.05, 4.69) is 51.6 Å². The van der Waals surface area contributed by atoms with Crippen molar-refractivity contribution in [2.24, 2.45) is 0 Å². The van der Waals surface area contributed by atoms with Gasteiger partial charge in [-0.2, -0.15) is 18.2 Å². The lowest BCUT2D eigenvalue weighted by molar-refractivity contribution is -0.192. The van der Waals surface area contributed by atoms with Gasteiger partial charge in [0.15, 0.2) is 0 Å². The molecular weight excluding hydrogens is 624 g/mol. The SMILES string of the molecule is Cc1ccc(CN(C)C2CCN(C(=O)c3ccc(Nc4nccc(Nc5ccc(F)c(C)c5)n4)cc3)CC2)s1.O=C(O)C(F)(F)F. The molecule has 2 aromatic carbocycles. The monoisotopic (exact) mass is 658 g/mol. The lowest BCUT2D eigenvalue weighted by Crippen LogP contribution is -2.45. The van der Waals surface area contributed by atoms with Crippen LogP contribution in [0.2, 0.25) is 0 Å². The summed E-state index contributed by atoms with van der Waals surface area (Å²) in [4.78, 5) is 37.9. The van der Waals surface area contributed by atoms with Crippen molar-refractivity contribution in [3.05, 3.63) is 93.6 Å². The van der Waals surface area contributed by atoms with E-state index < -0.39 is 12.1 Å². The van der Waals surface area contributed by atoms with Gasteiger partial charge >= 0.3 is 12.1 Å². The topological polar surface area (TPSA) is 111 Å². The Morgan fingerprint density at radius 2 is 1.65 bits per heavy atom. The number of amides is 1. The molecule has 1 saturated heterocycles. The normalized spacial score (nSPS) is 13.6. The first-order chi connectivity index (χ1) is 21.8. The Morgan fingerprint density at radius 1 is 1.00 bits per heavy atom. The summed E-state index contributed by atoms with van der Waals surface area (Å²) < 4.78 is 45.3. The fourth-order valence-electron chi connectivity index (χ4n) is 4.82. The molecule has 1 amide bonds. The van der Waals surface area contributed by atoms with Gasteiger partial charge < -0.3 is 20.6 Å². The second-order valence-corrected chi connectivity index (χ2v) is 12.2. The number of carbonyl (C=O) groups is 2. The molecule has 1 fully saturated rings. The molecule has 9 nitrogen and oxygen atoms in total. The zero-order valence-electron chi connectivity index (χ0n) is 25.4. The molecule has 3 heterocycles. The van der Waals surface area contributed by atoms with Crippen molar-refractivity contribution in [3.8, 4) is 0 Å². The van der Waals surface area contributed by atoms with Gasteiger partial charge in [-0.05, 0) is 100.0 Å². The van der Waals surface area contributed by atoms with E-state index in [1.807, 2.05) is 40.5 Å². The summed E-state index contributed by atoms with van der Waals surface area (Å²) in [5.74, 6) is -1.93. The Balaban J connectivity index is 0.000000617. The van der Waals surface area contributed by atoms with E-state index in [0.717, 1.165) is 43.9 Å². The van der Waals surface area contributed by atoms with Gasteiger partial charge in [0.1, 0.15) is 11.6 Å². The first-order valence-corrected chi connectivity index (χ1v) is 15.2. The van der Waals surface area contributed by atoms with Crippen LogP contribution in [0.4, 0.5) is 40.7 Å². The van der Waals surface area contributed by atoms with Crippen LogP contribution in [0.15, 0.2) is 66.9 Å². The standard InChI is InChI=1S/C30H33FN6OS.C2HF3O2/c1-20-18-24(9-11-27(20)31)33-28-12-15-32-30(35-28)34-23-7-5-22(6-8-23)29(38)37-16-13-25(14-17-37)36(3)19-26-10-4-21(2)39-26;3-2(4,5)1(6)7/h4-12,15,18,25H,13-14,16-17,19H2,1-3H3,(H2,32,33,34,35);(H,6,7). The number of aliphatic carboxylic acids is 1. The third-order valence-corrected chi connectivity index (χ3v) is 8.28. The quantitative estimate of drug-likeness (QED) is 0.171. The van der Waals surface area contributed by atoms with E-state index in [-0.39, 0.29) is 11.7 Å². The average molecular weight is 659 g/mol. The summed E-state index contributed by atoms with van der Waals surface area (Å²) >= 11 is 1.85. The highest BCUT2D eigenvalue weighted by Gasteiger charge is 2.38. The van der Waals surface area contributed by atoms with E-state index in [1.54, 1.807) is 31.3 Å². The highest BCUT2D eigenvalue weighted by molar-refractivity contribution is 7.11. The number of aryl methyl sites for hydroxylation is 2. The van der Waals surface area contributed by atoms with Crippen molar-refractivity contribution < 1.29 is 32.3 Å². The number of rotatable bonds is 8. The Bertz CT molecular complexity index is 1640. The molecule has 244 valence electrons. The number of halogens is 4. The molecule has 5 rings (SSSR count). The molecule has 1 aliphatic rings. The van der Waals surface area contributed by atoms with Crippen LogP contribution in [0.5, 0.6) is 0 Å². The summed E-state index contributed by atoms with van der Waals surface area (Å²) in [6.07, 6.45) is -1.48. The average Bonchev–Trinajstić information content (AvgIpc) is 3.43. The number of carbonyl (C=O) groups excluding carboxylic acids is 1. The van der Waals surface area contributed by atoms with E-state index in [1.165, 1.54) is 15.8 Å². The van der Waals surface area contributed by atoms with Crippen molar-refractivity contribution in [1.29, 1.82) is 0 Å². The number of likely N-dealkylation sites (tertiary alicyclic amines) is 1. The van der Waals surface area contributed by atoms with Crippen LogP contribution >= 0.6 is 11.3 Å². The van der Waals surface area contributed by atoms with Crippen molar-refractivity contribution in [1.82, 2.24) is 19.8 Å². The van der Waals surface area contributed by atoms with Crippen LogP contribution in [0.3, 0.4) is 0 Å². The van der Waals surface area contributed by atoms with Gasteiger partial charge in [-0.15, -0.1) is 11.3 Å². The van der Waals surface area contributed by atoms with Crippen LogP contribution < -0.4 is 10.6 Å². The zero-order chi connectivity index (χ0) is 33.4. The molecule has 0 bridgehead atoms. The van der Waals surface area contributed by atoms with Gasteiger partial charge in [-0.1, -0.05) is 0 Å². The Morgan fingerprint density at radius 3 is 2.24 bits per heavy atom. The maximum Gasteiger partial charge on any atom is 0.490 e. The van der Waals surface area contributed by atoms with Crippen LogP contribution in [0.1, 0.15) is 38.5 Å². The zero-order valence-corrected chi connectivity index (χ0v) is 26.3. The third-order valence-electron chi connectivity index (χ3n) is 7.29. The molecule has 4 aromatic rings. The highest BCUT2D eigenvalue weighted by atomic mass is 32.1. The predicted octanol–water partition coefficient (Wildman–Crippen LogP) is 7.15. The smallest absolute Gasteiger partial charge is 0.475 e. The number of carboxylic acids is 1. The molecule has 0 saturated carbocycles. The van der Waals surface area contributed by atoms with Gasteiger partial charge in [-0.3, -0.25) is 9.69 Å². The van der Waals surface area contributed by atoms with E-state index in [4.69, 9.17) is 9.90 Å². The molecule has 14 heteroatoms. The lowest BCUT2D eigenvalue weighted by Gasteiger charge is -2.36. The van der Waals surface area contributed by atoms with Gasteiger partial charge in [0.2, 0.25) is 5.95 Å². The maximum atomic E-state index is 13.6. The van der Waals surface area contributed by atoms with Crippen molar-refractivity contribution in [2.45, 2.75) is 45.5 Å². The van der Waals surface area contributed by atoms with E-state index in [0.29, 0.717) is 28.9 Å². The van der Waals surface area contributed by atoms with Crippen LogP contribution in [-0.2, 0) is 11.3 Å². The molecule has 0 spiro atoms. The second kappa shape index (κ2) is 15.1. The van der Waals surface area contributed by atoms with Crippen molar-refractivity contribution in [2.75, 3.05) is 30.8 Å². The molecule has 0 unspecified atom stereocenters. The molecule has 2 aromatic heterocycles. The Labute approximate surface area is 267 Å². The van der Waals surface area contributed by atoms with Crippen LogP contribution in [0, 0.1) is 19.7 Å². The fourth-order valence-corrected chi connectivity index (χ4v) is 5.78. The number of hydrogen-bond donors (Lipinski definition) is 3. The Kier molecular flexibility index (Phi) is 11.3. The largest absolute Gasteiger partial charge is 0.490 e. The first kappa shape index (κ1) is 34.3. The highest BCUT2D eigenvalue weighted by Crippen LogP contribution is 2.24. The molecule has 0 atom stereocenters. The molecule has 1 aliphatic heterocycles. The number of nitrogens with zero attached hydrogens (tertiary/aromatic N) is 4. The number of alkyl halides is 3. The molecule has 46 heavy (non-hydrogen) atoms. The fraction of sp³-hybridized carbons (Fsp3) is 0.312. The number of carboxylic acid groups (broad SMARTS) is 1. The summed E-state index contributed by atoms with van der Waals surface area (Å²) in [6, 6.07) is 18.8. The van der Waals surface area contributed by atoms with E-state index >= 15 is 0 Å². The van der Waals surface area contributed by atoms with Crippen LogP contribution in [-0.4, -0.2) is 69.1 Å². The minimum atomic E-state index is -5.08. The minimum absolute atomic E-state index is 0.0635. The van der Waals surface area contributed by atoms with E-state index in [9.17, 15) is 22.4 Å². The Hall–Kier alpha value is -4.56. The number of piperidine rings is 1.